The highest BCUT2D eigenvalue weighted by Crippen LogP contribution is 2.48. The molecule has 0 spiro atoms. The third kappa shape index (κ3) is 5.56. The lowest BCUT2D eigenvalue weighted by atomic mass is 9.79. The fraction of sp³-hybridized carbons (Fsp3) is 0.290. The van der Waals surface area contributed by atoms with Crippen LogP contribution >= 0.6 is 0 Å². The molecule has 0 saturated carbocycles. The van der Waals surface area contributed by atoms with Crippen LogP contribution in [0.3, 0.4) is 0 Å². The Morgan fingerprint density at radius 2 is 1.80 bits per heavy atom. The molecular weight excluding hydrogens is 584 g/mol. The van der Waals surface area contributed by atoms with Gasteiger partial charge in [-0.1, -0.05) is 0 Å². The fourth-order valence-electron chi connectivity index (χ4n) is 4.82. The molecule has 13 heteroatoms. The third-order valence-corrected chi connectivity index (χ3v) is 7.83. The number of hydrogen-bond donors (Lipinski definition) is 3. The molecule has 1 aromatic heterocycles. The summed E-state index contributed by atoms with van der Waals surface area (Å²) in [5, 5.41) is 2.33. The van der Waals surface area contributed by atoms with Crippen LogP contribution in [-0.4, -0.2) is 49.0 Å². The first-order valence-corrected chi connectivity index (χ1v) is 13.3. The van der Waals surface area contributed by atoms with Gasteiger partial charge in [-0.25, -0.2) is 9.37 Å². The van der Waals surface area contributed by atoms with Gasteiger partial charge in [-0.3, -0.25) is 14.4 Å². The molecule has 0 radical (unpaired) electrons. The number of pyridine rings is 1. The van der Waals surface area contributed by atoms with E-state index < -0.39 is 46.9 Å². The van der Waals surface area contributed by atoms with E-state index in [9.17, 15) is 31.9 Å². The molecule has 0 fully saturated rings. The summed E-state index contributed by atoms with van der Waals surface area (Å²) < 4.78 is 69.3. The van der Waals surface area contributed by atoms with Gasteiger partial charge < -0.3 is 26.3 Å². The molecular formula is C31H30F4N4O5. The van der Waals surface area contributed by atoms with Crippen LogP contribution in [-0.2, 0) is 20.4 Å². The van der Waals surface area contributed by atoms with Crippen LogP contribution in [0.2, 0.25) is 0 Å². The molecule has 2 atom stereocenters. The van der Waals surface area contributed by atoms with Gasteiger partial charge >= 0.3 is 6.18 Å². The minimum Gasteiger partial charge on any atom is -0.496 e. The molecule has 0 aliphatic carbocycles. The number of alkyl halides is 3. The van der Waals surface area contributed by atoms with E-state index in [1.54, 1.807) is 0 Å². The van der Waals surface area contributed by atoms with Crippen molar-refractivity contribution >= 4 is 23.2 Å². The summed E-state index contributed by atoms with van der Waals surface area (Å²) >= 11 is 0. The minimum atomic E-state index is -4.95. The first kappa shape index (κ1) is 32.0. The number of nitrogens with two attached hydrogens (primary N) is 2. The number of halogens is 4. The van der Waals surface area contributed by atoms with E-state index in [0.29, 0.717) is 5.56 Å². The summed E-state index contributed by atoms with van der Waals surface area (Å²) in [7, 11) is 1.30. The topological polar surface area (TPSA) is 147 Å². The van der Waals surface area contributed by atoms with Crippen LogP contribution in [0, 0.1) is 5.82 Å². The molecule has 1 aliphatic rings. The van der Waals surface area contributed by atoms with Gasteiger partial charge in [0.2, 0.25) is 5.91 Å². The number of nitrogens with zero attached hydrogens (tertiary/aromatic N) is 1. The van der Waals surface area contributed by atoms with Crippen molar-refractivity contribution in [1.82, 2.24) is 10.3 Å². The van der Waals surface area contributed by atoms with Crippen molar-refractivity contribution in [3.05, 3.63) is 82.9 Å². The predicted molar refractivity (Wildman–Crippen MR) is 153 cm³/mol. The second kappa shape index (κ2) is 11.6. The molecule has 0 saturated heterocycles. The van der Waals surface area contributed by atoms with Crippen molar-refractivity contribution in [3.8, 4) is 22.8 Å². The van der Waals surface area contributed by atoms with Crippen molar-refractivity contribution in [1.29, 1.82) is 0 Å². The van der Waals surface area contributed by atoms with Crippen molar-refractivity contribution in [2.75, 3.05) is 20.3 Å². The molecule has 4 rings (SSSR count). The molecule has 232 valence electrons. The quantitative estimate of drug-likeness (QED) is 0.242. The standard InChI is InChI=1S/C31H30F4N4O5/c1-16(40)21(13-36)20-10-7-18(11-23(20)43-4)27(41)38-14-30(3,31(33,34)35)24-12-22-26(44-15-29(22,2)28(37)42)25(39-24)17-5-8-19(32)9-6-17/h5-13H,14-15,36H2,1-4H3,(H2,37,42)(H,38,41)/t29-,30?/m0/s1. The summed E-state index contributed by atoms with van der Waals surface area (Å²) in [6.45, 7) is 2.41. The monoisotopic (exact) mass is 614 g/mol. The van der Waals surface area contributed by atoms with Crippen LogP contribution in [0.25, 0.3) is 16.8 Å². The molecule has 9 nitrogen and oxygen atoms in total. The second-order valence-electron chi connectivity index (χ2n) is 10.8. The van der Waals surface area contributed by atoms with Gasteiger partial charge in [0, 0.05) is 40.6 Å². The number of Topliss-reactive ketones (excluding diaryl/α,β-unsaturated/α-hetero) is 1. The van der Waals surface area contributed by atoms with Gasteiger partial charge in [0.15, 0.2) is 5.78 Å². The summed E-state index contributed by atoms with van der Waals surface area (Å²) in [6, 6.07) is 9.99. The van der Waals surface area contributed by atoms with E-state index in [1.165, 1.54) is 51.3 Å². The maximum absolute atomic E-state index is 14.9. The summed E-state index contributed by atoms with van der Waals surface area (Å²) in [6.07, 6.45) is -3.86. The predicted octanol–water partition coefficient (Wildman–Crippen LogP) is 4.17. The minimum absolute atomic E-state index is 0.0427. The Labute approximate surface area is 250 Å². The van der Waals surface area contributed by atoms with Crippen molar-refractivity contribution in [2.24, 2.45) is 11.5 Å². The Balaban J connectivity index is 1.78. The Hall–Kier alpha value is -4.94. The van der Waals surface area contributed by atoms with Gasteiger partial charge in [-0.05, 0) is 69.3 Å². The Morgan fingerprint density at radius 3 is 2.34 bits per heavy atom. The highest BCUT2D eigenvalue weighted by atomic mass is 19.4. The number of amides is 2. The number of hydrogen-bond acceptors (Lipinski definition) is 7. The van der Waals surface area contributed by atoms with Gasteiger partial charge in [0.05, 0.1) is 12.8 Å². The zero-order valence-electron chi connectivity index (χ0n) is 24.3. The first-order valence-electron chi connectivity index (χ1n) is 13.3. The van der Waals surface area contributed by atoms with Gasteiger partial charge in [0.1, 0.15) is 40.4 Å². The largest absolute Gasteiger partial charge is 0.496 e. The van der Waals surface area contributed by atoms with E-state index >= 15 is 0 Å². The van der Waals surface area contributed by atoms with Crippen molar-refractivity contribution in [2.45, 2.75) is 37.8 Å². The first-order chi connectivity index (χ1) is 20.6. The van der Waals surface area contributed by atoms with E-state index in [-0.39, 0.29) is 51.8 Å². The third-order valence-electron chi connectivity index (χ3n) is 7.83. The second-order valence-corrected chi connectivity index (χ2v) is 10.8. The van der Waals surface area contributed by atoms with Gasteiger partial charge in [-0.2, -0.15) is 13.2 Å². The molecule has 2 amide bonds. The lowest BCUT2D eigenvalue weighted by molar-refractivity contribution is -0.184. The van der Waals surface area contributed by atoms with Crippen LogP contribution in [0.5, 0.6) is 11.5 Å². The Morgan fingerprint density at radius 1 is 1.14 bits per heavy atom. The van der Waals surface area contributed by atoms with Crippen LogP contribution in [0.1, 0.15) is 48.0 Å². The normalized spacial score (nSPS) is 17.7. The van der Waals surface area contributed by atoms with Crippen molar-refractivity contribution in [3.63, 3.8) is 0 Å². The van der Waals surface area contributed by atoms with E-state index in [0.717, 1.165) is 31.3 Å². The number of aromatic nitrogens is 1. The molecule has 3 aromatic rings. The fourth-order valence-corrected chi connectivity index (χ4v) is 4.82. The molecule has 1 unspecified atom stereocenters. The maximum atomic E-state index is 14.9. The average molecular weight is 615 g/mol. The summed E-state index contributed by atoms with van der Waals surface area (Å²) in [4.78, 5) is 41.8. The molecule has 2 aromatic carbocycles. The van der Waals surface area contributed by atoms with E-state index in [4.69, 9.17) is 20.9 Å². The number of ketones is 1. The van der Waals surface area contributed by atoms with Crippen LogP contribution in [0.4, 0.5) is 17.6 Å². The van der Waals surface area contributed by atoms with Gasteiger partial charge in [-0.15, -0.1) is 0 Å². The molecule has 0 bridgehead atoms. The summed E-state index contributed by atoms with van der Waals surface area (Å²) in [5.74, 6) is -2.46. The lowest BCUT2D eigenvalue weighted by Crippen LogP contribution is -2.49. The number of ether oxygens (including phenoxy) is 2. The van der Waals surface area contributed by atoms with Gasteiger partial charge in [0.25, 0.3) is 5.91 Å². The zero-order valence-corrected chi connectivity index (χ0v) is 24.3. The molecule has 1 aliphatic heterocycles. The number of carbonyl (C=O) groups is 3. The number of rotatable bonds is 9. The van der Waals surface area contributed by atoms with Crippen LogP contribution in [0.15, 0.2) is 54.7 Å². The lowest BCUT2D eigenvalue weighted by Gasteiger charge is -2.33. The Kier molecular flexibility index (Phi) is 8.45. The number of primary amides is 1. The molecule has 44 heavy (non-hydrogen) atoms. The van der Waals surface area contributed by atoms with E-state index in [2.05, 4.69) is 10.3 Å². The Bertz CT molecular complexity index is 1670. The number of fused-ring (bicyclic) bond motifs is 1. The number of methoxy groups -OCH3 is 1. The smallest absolute Gasteiger partial charge is 0.401 e. The number of benzene rings is 2. The highest BCUT2D eigenvalue weighted by Gasteiger charge is 2.55. The summed E-state index contributed by atoms with van der Waals surface area (Å²) in [5.41, 5.74) is 7.10. The number of nitrogens with one attached hydrogen (secondary N) is 1. The maximum Gasteiger partial charge on any atom is 0.401 e. The van der Waals surface area contributed by atoms with E-state index in [1.807, 2.05) is 0 Å². The zero-order chi connectivity index (χ0) is 32.6. The number of allylic oxidation sites excluding steroid dienone is 1. The molecule has 2 heterocycles. The molecule has 5 N–H and O–H groups in total. The number of carbonyl (C=O) groups excluding carboxylic acids is 3. The SMILES string of the molecule is COc1cc(C(=O)NCC(C)(c2cc3c(c(-c4ccc(F)cc4)n2)OC[C@]3(C)C(N)=O)C(F)(F)F)ccc1C(=CN)C(C)=O. The van der Waals surface area contributed by atoms with Crippen LogP contribution < -0.4 is 26.3 Å². The van der Waals surface area contributed by atoms with Crippen molar-refractivity contribution < 1.29 is 41.4 Å². The highest BCUT2D eigenvalue weighted by molar-refractivity contribution is 6.20. The average Bonchev–Trinajstić information content (AvgIpc) is 3.33.